The molecule has 6 heteroatoms. The van der Waals surface area contributed by atoms with Crippen molar-refractivity contribution >= 4 is 28.5 Å². The van der Waals surface area contributed by atoms with Crippen LogP contribution < -0.4 is 5.32 Å². The van der Waals surface area contributed by atoms with E-state index >= 15 is 0 Å². The minimum absolute atomic E-state index is 0.250. The van der Waals surface area contributed by atoms with E-state index in [2.05, 4.69) is 10.3 Å². The number of carbonyl (C=O) groups excluding carboxylic acids is 1. The highest BCUT2D eigenvalue weighted by Gasteiger charge is 2.19. The molecule has 0 aliphatic heterocycles. The molecule has 0 bridgehead atoms. The quantitative estimate of drug-likeness (QED) is 0.488. The molecule has 3 aromatic heterocycles. The van der Waals surface area contributed by atoms with Gasteiger partial charge in [0.25, 0.3) is 0 Å². The molecule has 1 N–H and O–H groups in total. The van der Waals surface area contributed by atoms with Crippen LogP contribution in [0.1, 0.15) is 5.56 Å². The second-order valence-corrected chi connectivity index (χ2v) is 6.38. The molecule has 5 nitrogen and oxygen atoms in total. The van der Waals surface area contributed by atoms with E-state index in [9.17, 15) is 4.79 Å². The highest BCUT2D eigenvalue weighted by atomic mass is 32.1. The smallest absolute Gasteiger partial charge is 0.250 e. The summed E-state index contributed by atoms with van der Waals surface area (Å²) in [5.74, 6) is 1.04. The van der Waals surface area contributed by atoms with E-state index in [4.69, 9.17) is 8.83 Å². The summed E-state index contributed by atoms with van der Waals surface area (Å²) in [4.78, 5) is 17.5. The van der Waals surface area contributed by atoms with Crippen LogP contribution in [0.4, 0.5) is 5.13 Å². The van der Waals surface area contributed by atoms with E-state index in [1.165, 1.54) is 17.4 Å². The summed E-state index contributed by atoms with van der Waals surface area (Å²) < 4.78 is 10.9. The molecule has 0 radical (unpaired) electrons. The maximum atomic E-state index is 12.2. The van der Waals surface area contributed by atoms with Crippen molar-refractivity contribution in [3.05, 3.63) is 78.8 Å². The Labute approximate surface area is 153 Å². The molecule has 0 saturated carbocycles. The zero-order chi connectivity index (χ0) is 17.8. The number of thiazole rings is 1. The van der Waals surface area contributed by atoms with E-state index in [0.717, 1.165) is 10.4 Å². The van der Waals surface area contributed by atoms with Gasteiger partial charge in [-0.3, -0.25) is 10.1 Å². The Kier molecular flexibility index (Phi) is 4.49. The topological polar surface area (TPSA) is 68.3 Å². The van der Waals surface area contributed by atoms with Gasteiger partial charge in [-0.2, -0.15) is 0 Å². The molecule has 1 aromatic carbocycles. The summed E-state index contributed by atoms with van der Waals surface area (Å²) in [5.41, 5.74) is 1.59. The summed E-state index contributed by atoms with van der Waals surface area (Å²) in [7, 11) is 0. The van der Waals surface area contributed by atoms with Gasteiger partial charge in [-0.05, 0) is 35.9 Å². The zero-order valence-corrected chi connectivity index (χ0v) is 14.4. The second-order valence-electron chi connectivity index (χ2n) is 5.38. The van der Waals surface area contributed by atoms with Crippen LogP contribution in [-0.2, 0) is 4.79 Å². The third-order valence-electron chi connectivity index (χ3n) is 3.58. The second kappa shape index (κ2) is 7.25. The van der Waals surface area contributed by atoms with Crippen LogP contribution in [0.5, 0.6) is 0 Å². The van der Waals surface area contributed by atoms with E-state index < -0.39 is 0 Å². The predicted molar refractivity (Wildman–Crippen MR) is 102 cm³/mol. The first-order valence-electron chi connectivity index (χ1n) is 7.92. The van der Waals surface area contributed by atoms with Crippen molar-refractivity contribution in [2.45, 2.75) is 0 Å². The lowest BCUT2D eigenvalue weighted by molar-refractivity contribution is -0.111. The SMILES string of the molecule is O=C(C=Cc1ccccc1)Nc1nc(-c2ccco2)c(-c2ccco2)s1. The Hall–Kier alpha value is -3.38. The molecule has 26 heavy (non-hydrogen) atoms. The Morgan fingerprint density at radius 2 is 1.69 bits per heavy atom. The van der Waals surface area contributed by atoms with Crippen molar-refractivity contribution in [3.63, 3.8) is 0 Å². The number of benzene rings is 1. The van der Waals surface area contributed by atoms with Crippen molar-refractivity contribution in [3.8, 4) is 22.1 Å². The van der Waals surface area contributed by atoms with Gasteiger partial charge in [0, 0.05) is 6.08 Å². The lowest BCUT2D eigenvalue weighted by Crippen LogP contribution is -2.07. The standard InChI is InChI=1S/C20H14N2O3S/c23-17(11-10-14-6-2-1-3-7-14)21-20-22-18(15-8-4-12-24-15)19(26-20)16-9-5-13-25-16/h1-13H,(H,21,22,23). The molecule has 1 amide bonds. The third-order valence-corrected chi connectivity index (χ3v) is 4.57. The highest BCUT2D eigenvalue weighted by Crippen LogP contribution is 2.39. The number of amides is 1. The molecule has 0 fully saturated rings. The molecule has 0 spiro atoms. The maximum Gasteiger partial charge on any atom is 0.250 e. The van der Waals surface area contributed by atoms with Gasteiger partial charge in [-0.1, -0.05) is 41.7 Å². The van der Waals surface area contributed by atoms with Crippen LogP contribution in [-0.4, -0.2) is 10.9 Å². The number of furan rings is 2. The fourth-order valence-electron chi connectivity index (χ4n) is 2.41. The first kappa shape index (κ1) is 16.1. The van der Waals surface area contributed by atoms with Crippen LogP contribution >= 0.6 is 11.3 Å². The molecule has 0 aliphatic rings. The lowest BCUT2D eigenvalue weighted by Gasteiger charge is -1.96. The molecule has 4 aromatic rings. The minimum atomic E-state index is -0.250. The van der Waals surface area contributed by atoms with Crippen LogP contribution in [0, 0.1) is 0 Å². The Morgan fingerprint density at radius 1 is 0.962 bits per heavy atom. The maximum absolute atomic E-state index is 12.2. The van der Waals surface area contributed by atoms with Crippen LogP contribution in [0.3, 0.4) is 0 Å². The number of anilines is 1. The van der Waals surface area contributed by atoms with Gasteiger partial charge >= 0.3 is 0 Å². The van der Waals surface area contributed by atoms with Crippen LogP contribution in [0.25, 0.3) is 28.2 Å². The Balaban J connectivity index is 1.58. The molecule has 3 heterocycles. The number of nitrogens with one attached hydrogen (secondary N) is 1. The molecule has 0 saturated heterocycles. The minimum Gasteiger partial charge on any atom is -0.463 e. The van der Waals surface area contributed by atoms with E-state index in [0.29, 0.717) is 22.3 Å². The van der Waals surface area contributed by atoms with Crippen molar-refractivity contribution in [2.24, 2.45) is 0 Å². The molecular formula is C20H14N2O3S. The molecule has 0 aliphatic carbocycles. The Morgan fingerprint density at radius 3 is 2.38 bits per heavy atom. The van der Waals surface area contributed by atoms with Gasteiger partial charge in [0.2, 0.25) is 5.91 Å². The Bertz CT molecular complexity index is 965. The van der Waals surface area contributed by atoms with Crippen molar-refractivity contribution < 1.29 is 13.6 Å². The van der Waals surface area contributed by atoms with E-state index in [1.807, 2.05) is 48.5 Å². The number of carbonyl (C=O) groups is 1. The summed E-state index contributed by atoms with van der Waals surface area (Å²) in [6, 6.07) is 16.9. The van der Waals surface area contributed by atoms with E-state index in [-0.39, 0.29) is 5.91 Å². The van der Waals surface area contributed by atoms with Crippen molar-refractivity contribution in [1.29, 1.82) is 0 Å². The molecule has 128 valence electrons. The summed E-state index contributed by atoms with van der Waals surface area (Å²) in [6.07, 6.45) is 6.42. The number of rotatable bonds is 5. The summed E-state index contributed by atoms with van der Waals surface area (Å²) in [5, 5.41) is 3.27. The van der Waals surface area contributed by atoms with Crippen molar-refractivity contribution in [1.82, 2.24) is 4.98 Å². The summed E-state index contributed by atoms with van der Waals surface area (Å²) >= 11 is 1.33. The van der Waals surface area contributed by atoms with Gasteiger partial charge in [0.1, 0.15) is 16.3 Å². The average molecular weight is 362 g/mol. The number of nitrogens with zero attached hydrogens (tertiary/aromatic N) is 1. The third kappa shape index (κ3) is 3.50. The normalized spacial score (nSPS) is 11.1. The van der Waals surface area contributed by atoms with Gasteiger partial charge in [0.15, 0.2) is 10.9 Å². The van der Waals surface area contributed by atoms with E-state index in [1.54, 1.807) is 24.7 Å². The van der Waals surface area contributed by atoms with Gasteiger partial charge < -0.3 is 8.83 Å². The van der Waals surface area contributed by atoms with Crippen LogP contribution in [0.15, 0.2) is 82.0 Å². The first-order valence-corrected chi connectivity index (χ1v) is 8.74. The van der Waals surface area contributed by atoms with Crippen LogP contribution in [0.2, 0.25) is 0 Å². The number of hydrogen-bond donors (Lipinski definition) is 1. The number of aromatic nitrogens is 1. The van der Waals surface area contributed by atoms with Gasteiger partial charge in [0.05, 0.1) is 12.5 Å². The lowest BCUT2D eigenvalue weighted by atomic mass is 10.2. The van der Waals surface area contributed by atoms with Gasteiger partial charge in [-0.15, -0.1) is 0 Å². The monoisotopic (exact) mass is 362 g/mol. The molecule has 4 rings (SSSR count). The van der Waals surface area contributed by atoms with Crippen molar-refractivity contribution in [2.75, 3.05) is 5.32 Å². The molecular weight excluding hydrogens is 348 g/mol. The molecule has 0 unspecified atom stereocenters. The molecule has 0 atom stereocenters. The largest absolute Gasteiger partial charge is 0.463 e. The summed E-state index contributed by atoms with van der Waals surface area (Å²) in [6.45, 7) is 0. The first-order chi connectivity index (χ1) is 12.8. The van der Waals surface area contributed by atoms with Gasteiger partial charge in [-0.25, -0.2) is 4.98 Å². The fourth-order valence-corrected chi connectivity index (χ4v) is 3.35. The fraction of sp³-hybridized carbons (Fsp3) is 0. The predicted octanol–water partition coefficient (Wildman–Crippen LogP) is 5.32. The highest BCUT2D eigenvalue weighted by molar-refractivity contribution is 7.19. The number of hydrogen-bond acceptors (Lipinski definition) is 5. The zero-order valence-electron chi connectivity index (χ0n) is 13.6. The average Bonchev–Trinajstić information content (AvgIpc) is 3.41.